The third-order valence-corrected chi connectivity index (χ3v) is 3.96. The van der Waals surface area contributed by atoms with Crippen LogP contribution in [-0.4, -0.2) is 30.1 Å². The second-order valence-corrected chi connectivity index (χ2v) is 5.67. The molecular formula is C14H17ClN2O3. The fourth-order valence-corrected chi connectivity index (χ4v) is 1.95. The molecule has 1 aliphatic carbocycles. The van der Waals surface area contributed by atoms with Gasteiger partial charge in [0.15, 0.2) is 0 Å². The Labute approximate surface area is 122 Å². The molecule has 0 bridgehead atoms. The van der Waals surface area contributed by atoms with E-state index in [0.717, 1.165) is 18.4 Å². The van der Waals surface area contributed by atoms with Crippen molar-refractivity contribution < 1.29 is 14.7 Å². The van der Waals surface area contributed by atoms with Crippen LogP contribution in [0, 0.1) is 12.3 Å². The lowest BCUT2D eigenvalue weighted by atomic mass is 10.1. The van der Waals surface area contributed by atoms with E-state index in [1.807, 2.05) is 6.92 Å². The lowest BCUT2D eigenvalue weighted by Gasteiger charge is -2.12. The van der Waals surface area contributed by atoms with E-state index in [4.69, 9.17) is 16.7 Å². The van der Waals surface area contributed by atoms with Gasteiger partial charge >= 0.3 is 11.8 Å². The molecule has 108 valence electrons. The van der Waals surface area contributed by atoms with E-state index in [2.05, 4.69) is 10.6 Å². The summed E-state index contributed by atoms with van der Waals surface area (Å²) >= 11 is 5.95. The number of amides is 2. The molecule has 20 heavy (non-hydrogen) atoms. The monoisotopic (exact) mass is 296 g/mol. The van der Waals surface area contributed by atoms with Crippen LogP contribution in [0.25, 0.3) is 0 Å². The van der Waals surface area contributed by atoms with Gasteiger partial charge in [-0.1, -0.05) is 17.7 Å². The summed E-state index contributed by atoms with van der Waals surface area (Å²) in [6, 6.07) is 5.04. The number of benzene rings is 1. The molecule has 2 rings (SSSR count). The minimum absolute atomic E-state index is 0.0302. The molecule has 0 radical (unpaired) electrons. The maximum absolute atomic E-state index is 11.7. The quantitative estimate of drug-likeness (QED) is 0.736. The van der Waals surface area contributed by atoms with Crippen LogP contribution in [0.2, 0.25) is 5.02 Å². The Balaban J connectivity index is 1.87. The summed E-state index contributed by atoms with van der Waals surface area (Å²) in [6.07, 6.45) is 1.75. The van der Waals surface area contributed by atoms with Gasteiger partial charge in [0, 0.05) is 22.7 Å². The number of halogens is 1. The number of hydrogen-bond acceptors (Lipinski definition) is 3. The largest absolute Gasteiger partial charge is 0.396 e. The summed E-state index contributed by atoms with van der Waals surface area (Å²) in [5.41, 5.74) is 1.15. The van der Waals surface area contributed by atoms with Crippen molar-refractivity contribution in [2.45, 2.75) is 19.8 Å². The topological polar surface area (TPSA) is 78.4 Å². The molecule has 6 heteroatoms. The van der Waals surface area contributed by atoms with Crippen LogP contribution in [0.4, 0.5) is 5.69 Å². The highest BCUT2D eigenvalue weighted by molar-refractivity contribution is 6.39. The zero-order valence-corrected chi connectivity index (χ0v) is 12.0. The first-order chi connectivity index (χ1) is 9.46. The molecule has 5 nitrogen and oxygen atoms in total. The van der Waals surface area contributed by atoms with E-state index >= 15 is 0 Å². The highest BCUT2D eigenvalue weighted by Crippen LogP contribution is 2.44. The summed E-state index contributed by atoms with van der Waals surface area (Å²) < 4.78 is 0. The van der Waals surface area contributed by atoms with Gasteiger partial charge in [-0.05, 0) is 37.5 Å². The Morgan fingerprint density at radius 1 is 1.35 bits per heavy atom. The third kappa shape index (κ3) is 3.49. The summed E-state index contributed by atoms with van der Waals surface area (Å²) in [6.45, 7) is 2.21. The van der Waals surface area contributed by atoms with Crippen molar-refractivity contribution in [1.29, 1.82) is 0 Å². The summed E-state index contributed by atoms with van der Waals surface area (Å²) in [4.78, 5) is 23.4. The number of rotatable bonds is 4. The first kappa shape index (κ1) is 14.8. The van der Waals surface area contributed by atoms with Crippen molar-refractivity contribution >= 4 is 29.1 Å². The number of aryl methyl sites for hydroxylation is 1. The highest BCUT2D eigenvalue weighted by Gasteiger charge is 2.42. The number of hydrogen-bond donors (Lipinski definition) is 3. The van der Waals surface area contributed by atoms with E-state index in [9.17, 15) is 9.59 Å². The van der Waals surface area contributed by atoms with E-state index in [1.165, 1.54) is 0 Å². The molecule has 1 aromatic carbocycles. The van der Waals surface area contributed by atoms with E-state index < -0.39 is 11.8 Å². The minimum atomic E-state index is -0.737. The Bertz CT molecular complexity index is 541. The molecule has 1 aliphatic rings. The number of carbonyl (C=O) groups excluding carboxylic acids is 2. The average molecular weight is 297 g/mol. The molecule has 0 saturated heterocycles. The van der Waals surface area contributed by atoms with Gasteiger partial charge < -0.3 is 15.7 Å². The normalized spacial score (nSPS) is 15.6. The van der Waals surface area contributed by atoms with Crippen LogP contribution in [-0.2, 0) is 9.59 Å². The van der Waals surface area contributed by atoms with Gasteiger partial charge in [0.25, 0.3) is 0 Å². The van der Waals surface area contributed by atoms with Gasteiger partial charge in [0.1, 0.15) is 0 Å². The van der Waals surface area contributed by atoms with E-state index in [-0.39, 0.29) is 12.0 Å². The van der Waals surface area contributed by atoms with Crippen molar-refractivity contribution in [2.24, 2.45) is 5.41 Å². The molecule has 0 aromatic heterocycles. The highest BCUT2D eigenvalue weighted by atomic mass is 35.5. The number of nitrogens with one attached hydrogen (secondary N) is 2. The van der Waals surface area contributed by atoms with Gasteiger partial charge in [-0.25, -0.2) is 0 Å². The molecule has 0 unspecified atom stereocenters. The Morgan fingerprint density at radius 2 is 2.05 bits per heavy atom. The molecular weight excluding hydrogens is 280 g/mol. The second kappa shape index (κ2) is 5.81. The van der Waals surface area contributed by atoms with E-state index in [0.29, 0.717) is 17.3 Å². The third-order valence-electron chi connectivity index (χ3n) is 3.55. The van der Waals surface area contributed by atoms with Crippen LogP contribution in [0.5, 0.6) is 0 Å². The lowest BCUT2D eigenvalue weighted by molar-refractivity contribution is -0.136. The summed E-state index contributed by atoms with van der Waals surface area (Å²) in [5, 5.41) is 14.7. The van der Waals surface area contributed by atoms with Crippen molar-refractivity contribution in [3.8, 4) is 0 Å². The average Bonchev–Trinajstić information content (AvgIpc) is 3.21. The zero-order chi connectivity index (χ0) is 14.8. The van der Waals surface area contributed by atoms with Gasteiger partial charge in [-0.2, -0.15) is 0 Å². The predicted molar refractivity (Wildman–Crippen MR) is 76.6 cm³/mol. The van der Waals surface area contributed by atoms with Crippen LogP contribution in [0.1, 0.15) is 18.4 Å². The molecule has 3 N–H and O–H groups in total. The SMILES string of the molecule is Cc1ccc(NC(=O)C(=O)NCC2(CO)CC2)cc1Cl. The van der Waals surface area contributed by atoms with Crippen LogP contribution < -0.4 is 10.6 Å². The van der Waals surface area contributed by atoms with Crippen molar-refractivity contribution in [1.82, 2.24) is 5.32 Å². The molecule has 0 spiro atoms. The summed E-state index contributed by atoms with van der Waals surface area (Å²) in [5.74, 6) is -1.44. The number of aliphatic hydroxyl groups excluding tert-OH is 1. The molecule has 1 saturated carbocycles. The molecule has 0 heterocycles. The van der Waals surface area contributed by atoms with Crippen LogP contribution in [0.3, 0.4) is 0 Å². The number of anilines is 1. The van der Waals surface area contributed by atoms with Gasteiger partial charge in [-0.3, -0.25) is 9.59 Å². The molecule has 2 amide bonds. The van der Waals surface area contributed by atoms with Crippen molar-refractivity contribution in [2.75, 3.05) is 18.5 Å². The molecule has 0 atom stereocenters. The van der Waals surface area contributed by atoms with Crippen molar-refractivity contribution in [3.63, 3.8) is 0 Å². The molecule has 1 fully saturated rings. The molecule has 0 aliphatic heterocycles. The number of carbonyl (C=O) groups is 2. The first-order valence-corrected chi connectivity index (χ1v) is 6.80. The fourth-order valence-electron chi connectivity index (χ4n) is 1.77. The number of aliphatic hydroxyl groups is 1. The maximum atomic E-state index is 11.7. The second-order valence-electron chi connectivity index (χ2n) is 5.26. The zero-order valence-electron chi connectivity index (χ0n) is 11.2. The first-order valence-electron chi connectivity index (χ1n) is 6.42. The Kier molecular flexibility index (Phi) is 4.30. The maximum Gasteiger partial charge on any atom is 0.313 e. The minimum Gasteiger partial charge on any atom is -0.396 e. The Hall–Kier alpha value is -1.59. The van der Waals surface area contributed by atoms with E-state index in [1.54, 1.807) is 18.2 Å². The predicted octanol–water partition coefficient (Wildman–Crippen LogP) is 1.48. The molecule has 1 aromatic rings. The smallest absolute Gasteiger partial charge is 0.313 e. The fraction of sp³-hybridized carbons (Fsp3) is 0.429. The standard InChI is InChI=1S/C14H17ClN2O3/c1-9-2-3-10(6-11(9)15)17-13(20)12(19)16-7-14(8-18)4-5-14/h2-3,6,18H,4-5,7-8H2,1H3,(H,16,19)(H,17,20). The van der Waals surface area contributed by atoms with Gasteiger partial charge in [0.2, 0.25) is 0 Å². The summed E-state index contributed by atoms with van der Waals surface area (Å²) in [7, 11) is 0. The van der Waals surface area contributed by atoms with Crippen molar-refractivity contribution in [3.05, 3.63) is 28.8 Å². The van der Waals surface area contributed by atoms with Gasteiger partial charge in [0.05, 0.1) is 6.61 Å². The lowest BCUT2D eigenvalue weighted by Crippen LogP contribution is -2.39. The van der Waals surface area contributed by atoms with Gasteiger partial charge in [-0.15, -0.1) is 0 Å². The van der Waals surface area contributed by atoms with Crippen LogP contribution in [0.15, 0.2) is 18.2 Å². The Morgan fingerprint density at radius 3 is 2.60 bits per heavy atom. The van der Waals surface area contributed by atoms with Crippen LogP contribution >= 0.6 is 11.6 Å².